The molecule has 0 aromatic carbocycles. The van der Waals surface area contributed by atoms with Crippen molar-refractivity contribution in [3.05, 3.63) is 17.5 Å². The van der Waals surface area contributed by atoms with Gasteiger partial charge in [0, 0.05) is 26.8 Å². The molecule has 1 rings (SSSR count). The topological polar surface area (TPSA) is 38.1 Å². The molecule has 0 aliphatic carbocycles. The molecule has 0 fully saturated rings. The van der Waals surface area contributed by atoms with Crippen molar-refractivity contribution < 1.29 is 4.79 Å². The number of hydrogen-bond donors (Lipinski definition) is 0. The Morgan fingerprint density at radius 1 is 1.58 bits per heavy atom. The minimum atomic E-state index is -0.0568. The molecule has 0 saturated carbocycles. The molecule has 0 aliphatic rings. The van der Waals surface area contributed by atoms with Gasteiger partial charge in [-0.05, 0) is 13.0 Å². The lowest BCUT2D eigenvalue weighted by Crippen LogP contribution is -2.22. The fourth-order valence-electron chi connectivity index (χ4n) is 0.894. The normalized spacial score (nSPS) is 10.0. The standard InChI is InChI=1S/C8H13N3O/c1-6-5-7(9-11(6)4)8(12)10(2)3/h5H,1-4H3. The number of aryl methyl sites for hydroxylation is 2. The highest BCUT2D eigenvalue weighted by Gasteiger charge is 2.11. The monoisotopic (exact) mass is 167 g/mol. The maximum Gasteiger partial charge on any atom is 0.273 e. The highest BCUT2D eigenvalue weighted by atomic mass is 16.2. The van der Waals surface area contributed by atoms with E-state index in [0.29, 0.717) is 5.69 Å². The Morgan fingerprint density at radius 2 is 2.17 bits per heavy atom. The van der Waals surface area contributed by atoms with E-state index in [4.69, 9.17) is 0 Å². The molecule has 0 aliphatic heterocycles. The molecule has 4 nitrogen and oxygen atoms in total. The Balaban J connectivity index is 2.97. The molecule has 0 saturated heterocycles. The predicted molar refractivity (Wildman–Crippen MR) is 46.0 cm³/mol. The van der Waals surface area contributed by atoms with E-state index in [1.807, 2.05) is 14.0 Å². The molecule has 1 aromatic heterocycles. The van der Waals surface area contributed by atoms with Gasteiger partial charge in [0.1, 0.15) is 0 Å². The van der Waals surface area contributed by atoms with E-state index in [-0.39, 0.29) is 5.91 Å². The van der Waals surface area contributed by atoms with Gasteiger partial charge in [-0.3, -0.25) is 9.48 Å². The van der Waals surface area contributed by atoms with Crippen molar-refractivity contribution in [2.75, 3.05) is 14.1 Å². The van der Waals surface area contributed by atoms with E-state index in [0.717, 1.165) is 5.69 Å². The minimum Gasteiger partial charge on any atom is -0.343 e. The second-order valence-electron chi connectivity index (χ2n) is 2.99. The summed E-state index contributed by atoms with van der Waals surface area (Å²) in [6.45, 7) is 1.92. The summed E-state index contributed by atoms with van der Waals surface area (Å²) in [6, 6.07) is 1.78. The zero-order valence-corrected chi connectivity index (χ0v) is 7.83. The largest absolute Gasteiger partial charge is 0.343 e. The lowest BCUT2D eigenvalue weighted by Gasteiger charge is -2.06. The first kappa shape index (κ1) is 8.77. The number of aromatic nitrogens is 2. The second kappa shape index (κ2) is 2.97. The fourth-order valence-corrected chi connectivity index (χ4v) is 0.894. The highest BCUT2D eigenvalue weighted by Crippen LogP contribution is 2.02. The third-order valence-electron chi connectivity index (χ3n) is 1.74. The smallest absolute Gasteiger partial charge is 0.273 e. The molecule has 12 heavy (non-hydrogen) atoms. The van der Waals surface area contributed by atoms with Gasteiger partial charge in [0.25, 0.3) is 5.91 Å². The van der Waals surface area contributed by atoms with Crippen LogP contribution < -0.4 is 0 Å². The molecule has 0 bridgehead atoms. The number of nitrogens with zero attached hydrogens (tertiary/aromatic N) is 3. The van der Waals surface area contributed by atoms with Crippen LogP contribution in [0.4, 0.5) is 0 Å². The molecule has 0 N–H and O–H groups in total. The molecule has 0 atom stereocenters. The molecule has 66 valence electrons. The van der Waals surface area contributed by atoms with Crippen LogP contribution in [0.25, 0.3) is 0 Å². The van der Waals surface area contributed by atoms with Crippen molar-refractivity contribution in [2.45, 2.75) is 6.92 Å². The minimum absolute atomic E-state index is 0.0568. The maximum absolute atomic E-state index is 11.4. The van der Waals surface area contributed by atoms with E-state index in [9.17, 15) is 4.79 Å². The van der Waals surface area contributed by atoms with Gasteiger partial charge in [-0.15, -0.1) is 0 Å². The van der Waals surface area contributed by atoms with Crippen molar-refractivity contribution in [1.82, 2.24) is 14.7 Å². The Bertz CT molecular complexity index is 282. The molecule has 0 spiro atoms. The quantitative estimate of drug-likeness (QED) is 0.608. The Morgan fingerprint density at radius 3 is 2.50 bits per heavy atom. The van der Waals surface area contributed by atoms with Crippen molar-refractivity contribution >= 4 is 5.91 Å². The first-order valence-corrected chi connectivity index (χ1v) is 3.74. The number of rotatable bonds is 1. The molecule has 1 aromatic rings. The van der Waals surface area contributed by atoms with Gasteiger partial charge >= 0.3 is 0 Å². The van der Waals surface area contributed by atoms with Crippen molar-refractivity contribution in [3.63, 3.8) is 0 Å². The van der Waals surface area contributed by atoms with Crippen LogP contribution in [0.5, 0.6) is 0 Å². The fraction of sp³-hybridized carbons (Fsp3) is 0.500. The maximum atomic E-state index is 11.4. The van der Waals surface area contributed by atoms with E-state index < -0.39 is 0 Å². The molecule has 1 amide bonds. The molecule has 0 unspecified atom stereocenters. The molecule has 0 radical (unpaired) electrons. The third kappa shape index (κ3) is 1.47. The second-order valence-corrected chi connectivity index (χ2v) is 2.99. The first-order valence-electron chi connectivity index (χ1n) is 3.74. The Hall–Kier alpha value is -1.32. The molecule has 1 heterocycles. The zero-order valence-electron chi connectivity index (χ0n) is 7.83. The van der Waals surface area contributed by atoms with E-state index in [2.05, 4.69) is 5.10 Å². The summed E-state index contributed by atoms with van der Waals surface area (Å²) in [5.74, 6) is -0.0568. The molecular weight excluding hydrogens is 154 g/mol. The van der Waals surface area contributed by atoms with Gasteiger partial charge in [0.15, 0.2) is 5.69 Å². The van der Waals surface area contributed by atoms with Gasteiger partial charge in [0.2, 0.25) is 0 Å². The third-order valence-corrected chi connectivity index (χ3v) is 1.74. The summed E-state index contributed by atoms with van der Waals surface area (Å²) in [6.07, 6.45) is 0. The van der Waals surface area contributed by atoms with Crippen LogP contribution in [0.1, 0.15) is 16.2 Å². The van der Waals surface area contributed by atoms with Gasteiger partial charge in [-0.2, -0.15) is 5.10 Å². The van der Waals surface area contributed by atoms with Gasteiger partial charge < -0.3 is 4.90 Å². The van der Waals surface area contributed by atoms with Gasteiger partial charge in [-0.25, -0.2) is 0 Å². The van der Waals surface area contributed by atoms with Crippen LogP contribution in [0.3, 0.4) is 0 Å². The summed E-state index contributed by atoms with van der Waals surface area (Å²) in [7, 11) is 5.25. The SMILES string of the molecule is Cc1cc(C(=O)N(C)C)nn1C. The van der Waals surface area contributed by atoms with Crippen LogP contribution in [-0.4, -0.2) is 34.7 Å². The average Bonchev–Trinajstić information content (AvgIpc) is 2.30. The lowest BCUT2D eigenvalue weighted by atomic mass is 10.3. The van der Waals surface area contributed by atoms with E-state index >= 15 is 0 Å². The van der Waals surface area contributed by atoms with Crippen LogP contribution in [0.2, 0.25) is 0 Å². The Kier molecular flexibility index (Phi) is 2.17. The number of amides is 1. The Labute approximate surface area is 71.8 Å². The summed E-state index contributed by atoms with van der Waals surface area (Å²) in [4.78, 5) is 12.9. The van der Waals surface area contributed by atoms with Gasteiger partial charge in [0.05, 0.1) is 0 Å². The molecular formula is C8H13N3O. The predicted octanol–water partition coefficient (Wildman–Crippen LogP) is 0.430. The summed E-state index contributed by atoms with van der Waals surface area (Å²) >= 11 is 0. The summed E-state index contributed by atoms with van der Waals surface area (Å²) in [5, 5.41) is 4.06. The van der Waals surface area contributed by atoms with Crippen LogP contribution >= 0.6 is 0 Å². The van der Waals surface area contributed by atoms with Crippen molar-refractivity contribution in [3.8, 4) is 0 Å². The van der Waals surface area contributed by atoms with Crippen molar-refractivity contribution in [2.24, 2.45) is 7.05 Å². The van der Waals surface area contributed by atoms with Crippen molar-refractivity contribution in [1.29, 1.82) is 0 Å². The van der Waals surface area contributed by atoms with Crippen LogP contribution in [-0.2, 0) is 7.05 Å². The highest BCUT2D eigenvalue weighted by molar-refractivity contribution is 5.91. The molecule has 4 heteroatoms. The number of carbonyl (C=O) groups is 1. The van der Waals surface area contributed by atoms with E-state index in [1.165, 1.54) is 4.90 Å². The zero-order chi connectivity index (χ0) is 9.30. The first-order chi connectivity index (χ1) is 5.52. The lowest BCUT2D eigenvalue weighted by molar-refractivity contribution is 0.0821. The van der Waals surface area contributed by atoms with E-state index in [1.54, 1.807) is 24.8 Å². The summed E-state index contributed by atoms with van der Waals surface area (Å²) in [5.41, 5.74) is 1.49. The number of carbonyl (C=O) groups excluding carboxylic acids is 1. The van der Waals surface area contributed by atoms with Gasteiger partial charge in [-0.1, -0.05) is 0 Å². The van der Waals surface area contributed by atoms with Crippen LogP contribution in [0, 0.1) is 6.92 Å². The average molecular weight is 167 g/mol. The summed E-state index contributed by atoms with van der Waals surface area (Å²) < 4.78 is 1.69. The van der Waals surface area contributed by atoms with Crippen LogP contribution in [0.15, 0.2) is 6.07 Å². The number of hydrogen-bond acceptors (Lipinski definition) is 2.